The summed E-state index contributed by atoms with van der Waals surface area (Å²) >= 11 is 0. The Kier molecular flexibility index (Phi) is 4.53. The minimum Gasteiger partial charge on any atom is -0.404 e. The van der Waals surface area contributed by atoms with Crippen molar-refractivity contribution in [1.82, 2.24) is 5.32 Å². The van der Waals surface area contributed by atoms with Gasteiger partial charge in [0.15, 0.2) is 0 Å². The smallest absolute Gasteiger partial charge is 0.404 e. The van der Waals surface area contributed by atoms with E-state index < -0.39 is 4.92 Å². The molecule has 0 aliphatic heterocycles. The zero-order chi connectivity index (χ0) is 14.5. The normalized spacial score (nSPS) is 12.6. The van der Waals surface area contributed by atoms with Gasteiger partial charge in [-0.3, -0.25) is 10.1 Å². The Morgan fingerprint density at radius 3 is 2.45 bits per heavy atom. The van der Waals surface area contributed by atoms with Crippen LogP contribution in [0.15, 0.2) is 46.9 Å². The molecule has 0 saturated carbocycles. The highest BCUT2D eigenvalue weighted by molar-refractivity contribution is 5.21. The van der Waals surface area contributed by atoms with Crippen LogP contribution in [0.25, 0.3) is 0 Å². The van der Waals surface area contributed by atoms with Gasteiger partial charge < -0.3 is 9.73 Å². The SMILES string of the molecule is CC(C)C(NCc1ccc([N+](=O)[O-])o1)c1ccccc1. The summed E-state index contributed by atoms with van der Waals surface area (Å²) in [6.07, 6.45) is 0. The predicted molar refractivity (Wildman–Crippen MR) is 76.2 cm³/mol. The van der Waals surface area contributed by atoms with Crippen molar-refractivity contribution in [2.75, 3.05) is 0 Å². The Morgan fingerprint density at radius 1 is 1.20 bits per heavy atom. The predicted octanol–water partition coefficient (Wildman–Crippen LogP) is 3.67. The lowest BCUT2D eigenvalue weighted by atomic mass is 9.96. The summed E-state index contributed by atoms with van der Waals surface area (Å²) in [4.78, 5) is 10.0. The third-order valence-corrected chi connectivity index (χ3v) is 3.15. The average Bonchev–Trinajstić information content (AvgIpc) is 2.89. The van der Waals surface area contributed by atoms with Gasteiger partial charge in [0.05, 0.1) is 12.6 Å². The van der Waals surface area contributed by atoms with Gasteiger partial charge in [-0.1, -0.05) is 44.2 Å². The van der Waals surface area contributed by atoms with Gasteiger partial charge in [-0.25, -0.2) is 0 Å². The Morgan fingerprint density at radius 2 is 1.90 bits per heavy atom. The largest absolute Gasteiger partial charge is 0.433 e. The van der Waals surface area contributed by atoms with Crippen molar-refractivity contribution in [2.24, 2.45) is 5.92 Å². The van der Waals surface area contributed by atoms with Gasteiger partial charge in [-0.2, -0.15) is 0 Å². The van der Waals surface area contributed by atoms with Crippen molar-refractivity contribution in [3.8, 4) is 0 Å². The monoisotopic (exact) mass is 274 g/mol. The number of benzene rings is 1. The zero-order valence-electron chi connectivity index (χ0n) is 11.6. The summed E-state index contributed by atoms with van der Waals surface area (Å²) in [5.41, 5.74) is 1.20. The van der Waals surface area contributed by atoms with Crippen LogP contribution in [0.4, 0.5) is 5.88 Å². The number of nitrogens with zero attached hydrogens (tertiary/aromatic N) is 1. The van der Waals surface area contributed by atoms with E-state index in [0.29, 0.717) is 18.2 Å². The van der Waals surface area contributed by atoms with E-state index in [-0.39, 0.29) is 11.9 Å². The van der Waals surface area contributed by atoms with E-state index in [2.05, 4.69) is 31.3 Å². The molecular weight excluding hydrogens is 256 g/mol. The maximum atomic E-state index is 10.6. The number of furan rings is 1. The van der Waals surface area contributed by atoms with E-state index in [1.54, 1.807) is 6.07 Å². The number of nitro groups is 1. The number of hydrogen-bond acceptors (Lipinski definition) is 4. The molecule has 0 amide bonds. The van der Waals surface area contributed by atoms with Crippen LogP contribution in [-0.2, 0) is 6.54 Å². The molecule has 1 atom stereocenters. The van der Waals surface area contributed by atoms with Crippen molar-refractivity contribution < 1.29 is 9.34 Å². The number of hydrogen-bond donors (Lipinski definition) is 1. The molecule has 0 radical (unpaired) electrons. The fourth-order valence-corrected chi connectivity index (χ4v) is 2.17. The Bertz CT molecular complexity index is 564. The molecular formula is C15H18N2O3. The Balaban J connectivity index is 2.04. The van der Waals surface area contributed by atoms with Gasteiger partial charge in [-0.15, -0.1) is 0 Å². The minimum atomic E-state index is -0.527. The maximum absolute atomic E-state index is 10.6. The lowest BCUT2D eigenvalue weighted by Gasteiger charge is -2.22. The highest BCUT2D eigenvalue weighted by Crippen LogP contribution is 2.23. The Labute approximate surface area is 117 Å². The second-order valence-corrected chi connectivity index (χ2v) is 5.01. The molecule has 106 valence electrons. The van der Waals surface area contributed by atoms with Gasteiger partial charge >= 0.3 is 5.88 Å². The molecule has 0 spiro atoms. The van der Waals surface area contributed by atoms with Crippen LogP contribution in [0.2, 0.25) is 0 Å². The summed E-state index contributed by atoms with van der Waals surface area (Å²) in [5, 5.41) is 14.0. The minimum absolute atomic E-state index is 0.181. The van der Waals surface area contributed by atoms with Gasteiger partial charge in [-0.05, 0) is 17.5 Å². The first kappa shape index (κ1) is 14.3. The lowest BCUT2D eigenvalue weighted by molar-refractivity contribution is -0.402. The van der Waals surface area contributed by atoms with E-state index in [1.165, 1.54) is 11.6 Å². The summed E-state index contributed by atoms with van der Waals surface area (Å²) in [6.45, 7) is 4.73. The second-order valence-electron chi connectivity index (χ2n) is 5.01. The topological polar surface area (TPSA) is 68.3 Å². The van der Waals surface area contributed by atoms with Crippen molar-refractivity contribution in [2.45, 2.75) is 26.4 Å². The molecule has 0 fully saturated rings. The molecule has 0 bridgehead atoms. The van der Waals surface area contributed by atoms with Crippen molar-refractivity contribution in [3.63, 3.8) is 0 Å². The molecule has 0 aliphatic carbocycles. The van der Waals surface area contributed by atoms with E-state index in [1.807, 2.05) is 18.2 Å². The van der Waals surface area contributed by atoms with Crippen molar-refractivity contribution in [1.29, 1.82) is 0 Å². The number of rotatable bonds is 6. The van der Waals surface area contributed by atoms with Gasteiger partial charge in [0.2, 0.25) is 0 Å². The summed E-state index contributed by atoms with van der Waals surface area (Å²) in [7, 11) is 0. The standard InChI is InChI=1S/C15H18N2O3/c1-11(2)15(12-6-4-3-5-7-12)16-10-13-8-9-14(20-13)17(18)19/h3-9,11,15-16H,10H2,1-2H3. The van der Waals surface area contributed by atoms with Gasteiger partial charge in [0, 0.05) is 6.04 Å². The van der Waals surface area contributed by atoms with E-state index in [9.17, 15) is 10.1 Å². The molecule has 1 aromatic heterocycles. The second kappa shape index (κ2) is 6.34. The molecule has 0 aliphatic rings. The molecule has 2 aromatic rings. The van der Waals surface area contributed by atoms with Crippen molar-refractivity contribution in [3.05, 3.63) is 63.9 Å². The van der Waals surface area contributed by atoms with Crippen LogP contribution in [0.1, 0.15) is 31.2 Å². The highest BCUT2D eigenvalue weighted by atomic mass is 16.6. The first-order valence-corrected chi connectivity index (χ1v) is 6.59. The first-order valence-electron chi connectivity index (χ1n) is 6.59. The highest BCUT2D eigenvalue weighted by Gasteiger charge is 2.17. The average molecular weight is 274 g/mol. The van der Waals surface area contributed by atoms with Crippen LogP contribution in [-0.4, -0.2) is 4.92 Å². The maximum Gasteiger partial charge on any atom is 0.433 e. The lowest BCUT2D eigenvalue weighted by Crippen LogP contribution is -2.25. The molecule has 5 heteroatoms. The van der Waals surface area contributed by atoms with Crippen LogP contribution in [0, 0.1) is 16.0 Å². The summed E-state index contributed by atoms with van der Waals surface area (Å²) in [6, 6.07) is 13.3. The molecule has 5 nitrogen and oxygen atoms in total. The molecule has 2 rings (SSSR count). The van der Waals surface area contributed by atoms with E-state index >= 15 is 0 Å². The van der Waals surface area contributed by atoms with Gasteiger partial charge in [0.25, 0.3) is 0 Å². The van der Waals surface area contributed by atoms with E-state index in [0.717, 1.165) is 0 Å². The molecule has 1 aromatic carbocycles. The molecule has 1 heterocycles. The molecule has 1 unspecified atom stereocenters. The number of nitrogens with one attached hydrogen (secondary N) is 1. The quantitative estimate of drug-likeness (QED) is 0.644. The molecule has 1 N–H and O–H groups in total. The van der Waals surface area contributed by atoms with Crippen LogP contribution >= 0.6 is 0 Å². The van der Waals surface area contributed by atoms with Crippen molar-refractivity contribution >= 4 is 5.88 Å². The third kappa shape index (κ3) is 3.45. The van der Waals surface area contributed by atoms with Crippen LogP contribution < -0.4 is 5.32 Å². The summed E-state index contributed by atoms with van der Waals surface area (Å²) in [5.74, 6) is 0.753. The van der Waals surface area contributed by atoms with Gasteiger partial charge in [0.1, 0.15) is 10.7 Å². The fourth-order valence-electron chi connectivity index (χ4n) is 2.17. The van der Waals surface area contributed by atoms with Crippen LogP contribution in [0.5, 0.6) is 0 Å². The first-order chi connectivity index (χ1) is 9.58. The van der Waals surface area contributed by atoms with Crippen LogP contribution in [0.3, 0.4) is 0 Å². The Hall–Kier alpha value is -2.14. The molecule has 20 heavy (non-hydrogen) atoms. The third-order valence-electron chi connectivity index (χ3n) is 3.15. The summed E-state index contributed by atoms with van der Waals surface area (Å²) < 4.78 is 5.15. The fraction of sp³-hybridized carbons (Fsp3) is 0.333. The van der Waals surface area contributed by atoms with E-state index in [4.69, 9.17) is 4.42 Å². The molecule has 0 saturated heterocycles. The zero-order valence-corrected chi connectivity index (χ0v) is 11.6.